The standard InChI is InChI=1S/C28H38FN5O3Si/c1-6-33(17(2)25-22(29)11-19(13-31-25)18-7-8-18)28(35)24-12-23-26(20-14-37-15-21(20)27(30)32-23)34(24)16-36-9-10-38(3,4)5/h11-13,17-18H,6-10,14-16H2,1-5H3,(H2,30,32). The highest BCUT2D eigenvalue weighted by Crippen LogP contribution is 2.40. The predicted octanol–water partition coefficient (Wildman–Crippen LogP) is 5.60. The molecule has 38 heavy (non-hydrogen) atoms. The van der Waals surface area contributed by atoms with Crippen LogP contribution < -0.4 is 5.73 Å². The van der Waals surface area contributed by atoms with Gasteiger partial charge >= 0.3 is 0 Å². The SMILES string of the molecule is CCN(C(=O)c1cc2nc(N)c3c(c2n1COCC[Si](C)(C)C)COC3)C(C)c1ncc(C2CC2)cc1F. The summed E-state index contributed by atoms with van der Waals surface area (Å²) < 4.78 is 28.8. The Labute approximate surface area is 224 Å². The van der Waals surface area contributed by atoms with Crippen LogP contribution in [-0.4, -0.2) is 46.6 Å². The molecule has 2 aliphatic rings. The van der Waals surface area contributed by atoms with Crippen LogP contribution in [0.1, 0.15) is 71.5 Å². The van der Waals surface area contributed by atoms with Crippen molar-refractivity contribution < 1.29 is 18.7 Å². The van der Waals surface area contributed by atoms with E-state index in [4.69, 9.17) is 15.2 Å². The van der Waals surface area contributed by atoms with Gasteiger partial charge in [-0.2, -0.15) is 0 Å². The van der Waals surface area contributed by atoms with Gasteiger partial charge in [-0.05, 0) is 56.3 Å². The molecule has 1 unspecified atom stereocenters. The van der Waals surface area contributed by atoms with Crippen molar-refractivity contribution >= 4 is 30.8 Å². The van der Waals surface area contributed by atoms with Crippen LogP contribution in [0.4, 0.5) is 10.2 Å². The first-order valence-electron chi connectivity index (χ1n) is 13.5. The van der Waals surface area contributed by atoms with E-state index < -0.39 is 14.1 Å². The molecule has 4 heterocycles. The summed E-state index contributed by atoms with van der Waals surface area (Å²) in [6.45, 7) is 12.6. The third kappa shape index (κ3) is 5.21. The van der Waals surface area contributed by atoms with Crippen LogP contribution in [0, 0.1) is 5.82 Å². The van der Waals surface area contributed by atoms with E-state index >= 15 is 4.39 Å². The molecular formula is C28H38FN5O3Si. The van der Waals surface area contributed by atoms with E-state index in [0.29, 0.717) is 49.3 Å². The lowest BCUT2D eigenvalue weighted by atomic mass is 10.1. The summed E-state index contributed by atoms with van der Waals surface area (Å²) in [5, 5.41) is 0. The number of hydrogen-bond donors (Lipinski definition) is 1. The molecular weight excluding hydrogens is 501 g/mol. The van der Waals surface area contributed by atoms with E-state index in [1.54, 1.807) is 23.2 Å². The van der Waals surface area contributed by atoms with Gasteiger partial charge in [-0.3, -0.25) is 9.78 Å². The topological polar surface area (TPSA) is 95.5 Å². The van der Waals surface area contributed by atoms with Crippen molar-refractivity contribution in [2.75, 3.05) is 18.9 Å². The summed E-state index contributed by atoms with van der Waals surface area (Å²) in [6.07, 6.45) is 3.91. The number of carbonyl (C=O) groups is 1. The molecule has 3 aromatic heterocycles. The zero-order chi connectivity index (χ0) is 27.2. The molecule has 10 heteroatoms. The smallest absolute Gasteiger partial charge is 0.271 e. The number of aromatic nitrogens is 3. The fourth-order valence-corrected chi connectivity index (χ4v) is 5.90. The van der Waals surface area contributed by atoms with Crippen molar-refractivity contribution in [2.45, 2.75) is 84.3 Å². The molecule has 0 radical (unpaired) electrons. The van der Waals surface area contributed by atoms with E-state index in [1.807, 2.05) is 18.4 Å². The first-order valence-corrected chi connectivity index (χ1v) is 17.2. The van der Waals surface area contributed by atoms with Crippen molar-refractivity contribution in [1.29, 1.82) is 0 Å². The van der Waals surface area contributed by atoms with Crippen molar-refractivity contribution in [1.82, 2.24) is 19.4 Å². The molecule has 2 N–H and O–H groups in total. The molecule has 5 rings (SSSR count). The molecule has 1 atom stereocenters. The second kappa shape index (κ2) is 10.4. The van der Waals surface area contributed by atoms with Crippen LogP contribution in [0.25, 0.3) is 11.0 Å². The van der Waals surface area contributed by atoms with Gasteiger partial charge in [-0.25, -0.2) is 9.37 Å². The van der Waals surface area contributed by atoms with E-state index in [9.17, 15) is 4.79 Å². The molecule has 8 nitrogen and oxygen atoms in total. The number of hydrogen-bond acceptors (Lipinski definition) is 6. The van der Waals surface area contributed by atoms with Crippen LogP contribution in [0.3, 0.4) is 0 Å². The molecule has 1 aliphatic carbocycles. The maximum atomic E-state index is 15.1. The van der Waals surface area contributed by atoms with Gasteiger partial charge in [0.25, 0.3) is 5.91 Å². The lowest BCUT2D eigenvalue weighted by molar-refractivity contribution is 0.0632. The Morgan fingerprint density at radius 3 is 2.68 bits per heavy atom. The maximum Gasteiger partial charge on any atom is 0.271 e. The van der Waals surface area contributed by atoms with Gasteiger partial charge in [-0.15, -0.1) is 0 Å². The van der Waals surface area contributed by atoms with Crippen LogP contribution in [0.15, 0.2) is 18.3 Å². The van der Waals surface area contributed by atoms with Gasteiger partial charge in [0.15, 0.2) is 0 Å². The van der Waals surface area contributed by atoms with Crippen molar-refractivity contribution in [2.24, 2.45) is 0 Å². The monoisotopic (exact) mass is 539 g/mol. The molecule has 1 saturated carbocycles. The quantitative estimate of drug-likeness (QED) is 0.266. The minimum atomic E-state index is -1.28. The van der Waals surface area contributed by atoms with E-state index in [1.165, 1.54) is 0 Å². The highest BCUT2D eigenvalue weighted by molar-refractivity contribution is 6.76. The Balaban J connectivity index is 1.50. The lowest BCUT2D eigenvalue weighted by Crippen LogP contribution is -2.35. The molecule has 0 saturated heterocycles. The number of halogens is 1. The highest BCUT2D eigenvalue weighted by Gasteiger charge is 2.31. The number of fused-ring (bicyclic) bond motifs is 3. The van der Waals surface area contributed by atoms with Crippen molar-refractivity contribution in [3.05, 3.63) is 52.2 Å². The predicted molar refractivity (Wildman–Crippen MR) is 148 cm³/mol. The summed E-state index contributed by atoms with van der Waals surface area (Å²) in [6, 6.07) is 3.81. The number of nitrogen functional groups attached to an aromatic ring is 1. The van der Waals surface area contributed by atoms with Gasteiger partial charge in [-0.1, -0.05) is 19.6 Å². The van der Waals surface area contributed by atoms with Gasteiger partial charge < -0.3 is 24.7 Å². The third-order valence-corrected chi connectivity index (χ3v) is 9.31. The highest BCUT2D eigenvalue weighted by atomic mass is 28.3. The average molecular weight is 540 g/mol. The van der Waals surface area contributed by atoms with Crippen LogP contribution in [0.2, 0.25) is 25.7 Å². The van der Waals surface area contributed by atoms with Crippen LogP contribution in [0.5, 0.6) is 0 Å². The second-order valence-electron chi connectivity index (χ2n) is 11.7. The van der Waals surface area contributed by atoms with Gasteiger partial charge in [0.2, 0.25) is 0 Å². The number of anilines is 1. The number of rotatable bonds is 10. The normalized spacial score (nSPS) is 16.2. The van der Waals surface area contributed by atoms with Gasteiger partial charge in [0.05, 0.1) is 36.0 Å². The van der Waals surface area contributed by atoms with E-state index in [0.717, 1.165) is 41.1 Å². The number of nitrogens with two attached hydrogens (primary N) is 1. The fourth-order valence-electron chi connectivity index (χ4n) is 5.15. The van der Waals surface area contributed by atoms with Gasteiger partial charge in [0, 0.05) is 38.5 Å². The summed E-state index contributed by atoms with van der Waals surface area (Å²) >= 11 is 0. The number of ether oxygens (including phenoxy) is 2. The fraction of sp³-hybridized carbons (Fsp3) is 0.536. The summed E-state index contributed by atoms with van der Waals surface area (Å²) in [5.74, 6) is 0.231. The Hall–Kier alpha value is -2.82. The third-order valence-electron chi connectivity index (χ3n) is 7.61. The molecule has 1 aliphatic heterocycles. The van der Waals surface area contributed by atoms with E-state index in [-0.39, 0.29) is 24.1 Å². The lowest BCUT2D eigenvalue weighted by Gasteiger charge is -2.28. The second-order valence-corrected chi connectivity index (χ2v) is 17.3. The van der Waals surface area contributed by atoms with Crippen molar-refractivity contribution in [3.63, 3.8) is 0 Å². The molecule has 0 spiro atoms. The minimum absolute atomic E-state index is 0.210. The summed E-state index contributed by atoms with van der Waals surface area (Å²) in [4.78, 5) is 24.8. The summed E-state index contributed by atoms with van der Waals surface area (Å²) in [5.41, 5.74) is 11.1. The van der Waals surface area contributed by atoms with Crippen LogP contribution >= 0.6 is 0 Å². The number of carbonyl (C=O) groups excluding carboxylic acids is 1. The number of amides is 1. The largest absolute Gasteiger partial charge is 0.383 e. The van der Waals surface area contributed by atoms with Crippen molar-refractivity contribution in [3.8, 4) is 0 Å². The Bertz CT molecular complexity index is 1360. The minimum Gasteiger partial charge on any atom is -0.383 e. The molecule has 0 bridgehead atoms. The van der Waals surface area contributed by atoms with Gasteiger partial charge in [0.1, 0.15) is 24.1 Å². The molecule has 1 fully saturated rings. The molecule has 204 valence electrons. The average Bonchev–Trinajstić information content (AvgIpc) is 3.48. The maximum absolute atomic E-state index is 15.1. The summed E-state index contributed by atoms with van der Waals surface area (Å²) in [7, 11) is -1.28. The first kappa shape index (κ1) is 26.8. The Morgan fingerprint density at radius 2 is 2.03 bits per heavy atom. The van der Waals surface area contributed by atoms with Crippen LogP contribution in [-0.2, 0) is 29.4 Å². The Morgan fingerprint density at radius 1 is 1.29 bits per heavy atom. The zero-order valence-electron chi connectivity index (χ0n) is 23.0. The molecule has 1 amide bonds. The zero-order valence-corrected chi connectivity index (χ0v) is 24.0. The molecule has 0 aromatic carbocycles. The molecule has 3 aromatic rings. The number of pyridine rings is 2. The Kier molecular flexibility index (Phi) is 7.32. The number of nitrogens with zero attached hydrogens (tertiary/aromatic N) is 4. The first-order chi connectivity index (χ1) is 18.1. The van der Waals surface area contributed by atoms with E-state index in [2.05, 4.69) is 29.6 Å².